The molecule has 0 amide bonds. The second kappa shape index (κ2) is 8.73. The molecule has 1 aliphatic rings. The molecule has 30 heavy (non-hydrogen) atoms. The van der Waals surface area contributed by atoms with Crippen LogP contribution in [0.15, 0.2) is 6.20 Å². The van der Waals surface area contributed by atoms with Crippen LogP contribution in [-0.2, 0) is 10.0 Å². The Morgan fingerprint density at radius 3 is 2.50 bits per heavy atom. The van der Waals surface area contributed by atoms with Crippen LogP contribution in [0.3, 0.4) is 0 Å². The minimum Gasteiger partial charge on any atom is -0.367 e. The Kier molecular flexibility index (Phi) is 6.93. The van der Waals surface area contributed by atoms with Gasteiger partial charge in [0.05, 0.1) is 29.6 Å². The van der Waals surface area contributed by atoms with E-state index in [1.54, 1.807) is 0 Å². The Morgan fingerprint density at radius 2 is 2.03 bits per heavy atom. The van der Waals surface area contributed by atoms with E-state index in [0.29, 0.717) is 19.4 Å². The Hall–Kier alpha value is -2.46. The maximum atomic E-state index is 13.9. The number of aromatic nitrogens is 3. The third-order valence-corrected chi connectivity index (χ3v) is 5.79. The monoisotopic (exact) mass is 453 g/mol. The maximum absolute atomic E-state index is 13.9. The zero-order chi connectivity index (χ0) is 22.9. The molecule has 7 nitrogen and oxygen atoms in total. The number of hydrogen-bond acceptors (Lipinski definition) is 5. The van der Waals surface area contributed by atoms with Gasteiger partial charge in [-0.05, 0) is 19.8 Å². The molecule has 3 heterocycles. The number of nitrogens with two attached hydrogens (primary N) is 1. The highest BCUT2D eigenvalue weighted by Gasteiger charge is 2.41. The summed E-state index contributed by atoms with van der Waals surface area (Å²) in [6.07, 6.45) is 2.77. The number of fused-ring (bicyclic) bond motifs is 1. The van der Waals surface area contributed by atoms with Crippen molar-refractivity contribution in [2.24, 2.45) is 0 Å². The minimum absolute atomic E-state index is 0.0405. The molecule has 1 saturated heterocycles. The number of hydrogen-bond donors (Lipinski definition) is 1. The fourth-order valence-electron chi connectivity index (χ4n) is 2.93. The summed E-state index contributed by atoms with van der Waals surface area (Å²) < 4.78 is 88.7. The van der Waals surface area contributed by atoms with Crippen molar-refractivity contribution in [3.63, 3.8) is 0 Å². The number of sulfonamides is 1. The van der Waals surface area contributed by atoms with Gasteiger partial charge in [0, 0.05) is 13.1 Å². The lowest BCUT2D eigenvalue weighted by Gasteiger charge is -2.26. The molecule has 2 unspecified atom stereocenters. The van der Waals surface area contributed by atoms with Crippen LogP contribution in [0, 0.1) is 18.2 Å². The Morgan fingerprint density at radius 1 is 1.40 bits per heavy atom. The van der Waals surface area contributed by atoms with Gasteiger partial charge in [0.15, 0.2) is 5.82 Å². The van der Waals surface area contributed by atoms with Crippen molar-refractivity contribution >= 4 is 21.5 Å². The fourth-order valence-corrected chi connectivity index (χ4v) is 3.82. The number of halogens is 5. The Balaban J connectivity index is 0.000000248. The molecule has 0 bridgehead atoms. The first-order valence-electron chi connectivity index (χ1n) is 8.72. The number of terminal acetylenes is 1. The lowest BCUT2D eigenvalue weighted by molar-refractivity contribution is -0.147. The van der Waals surface area contributed by atoms with Crippen LogP contribution in [0.2, 0.25) is 0 Å². The molecule has 1 aliphatic heterocycles. The van der Waals surface area contributed by atoms with E-state index < -0.39 is 45.4 Å². The van der Waals surface area contributed by atoms with E-state index in [1.165, 1.54) is 4.31 Å². The predicted molar refractivity (Wildman–Crippen MR) is 100 cm³/mol. The topological polar surface area (TPSA) is 93.6 Å². The molecule has 13 heteroatoms. The molecular weight excluding hydrogens is 433 g/mol. The maximum Gasteiger partial charge on any atom is 0.397 e. The summed E-state index contributed by atoms with van der Waals surface area (Å²) in [4.78, 5) is 3.53. The van der Waals surface area contributed by atoms with Crippen LogP contribution >= 0.6 is 0 Å². The summed E-state index contributed by atoms with van der Waals surface area (Å²) in [6.45, 7) is 1.39. The van der Waals surface area contributed by atoms with Gasteiger partial charge >= 0.3 is 6.18 Å². The summed E-state index contributed by atoms with van der Waals surface area (Å²) in [7, 11) is -3.17. The normalized spacial score (nSPS) is 19.1. The third kappa shape index (κ3) is 5.17. The van der Waals surface area contributed by atoms with Crippen molar-refractivity contribution in [1.29, 1.82) is 0 Å². The number of nitrogen functional groups attached to an aromatic ring is 1. The second-order valence-electron chi connectivity index (χ2n) is 6.76. The quantitative estimate of drug-likeness (QED) is 0.557. The van der Waals surface area contributed by atoms with Gasteiger partial charge < -0.3 is 5.73 Å². The van der Waals surface area contributed by atoms with Gasteiger partial charge in [-0.25, -0.2) is 26.7 Å². The number of nitrogens with zero attached hydrogens (tertiary/aromatic N) is 4. The number of rotatable bonds is 2. The van der Waals surface area contributed by atoms with Crippen LogP contribution in [0.25, 0.3) is 5.52 Å². The summed E-state index contributed by atoms with van der Waals surface area (Å²) in [5.41, 5.74) is 4.12. The standard InChI is InChI=1S/C11H8F4N4.C6H12FNO2S/c1-3-6-8(12)7-4-17-10(16)18-19(7)9(6)5(2)11(13,14)15;1-11(9,10)8-4-2-3-6(7)5-8/h1,4-5H,2H3,(H2,16,18);6H,2-5H2,1H3. The number of alkyl halides is 4. The zero-order valence-corrected chi connectivity index (χ0v) is 16.9. The molecule has 0 aliphatic carbocycles. The minimum atomic E-state index is -4.58. The molecular formula is C17H20F5N5O2S. The summed E-state index contributed by atoms with van der Waals surface area (Å²) in [6, 6.07) is 0. The van der Waals surface area contributed by atoms with E-state index in [4.69, 9.17) is 12.2 Å². The van der Waals surface area contributed by atoms with E-state index in [-0.39, 0.29) is 18.0 Å². The van der Waals surface area contributed by atoms with Gasteiger partial charge in [0.2, 0.25) is 16.0 Å². The molecule has 0 saturated carbocycles. The van der Waals surface area contributed by atoms with Crippen LogP contribution in [0.4, 0.5) is 27.9 Å². The summed E-state index contributed by atoms with van der Waals surface area (Å²) >= 11 is 0. The highest BCUT2D eigenvalue weighted by atomic mass is 32.2. The van der Waals surface area contributed by atoms with Crippen LogP contribution < -0.4 is 5.73 Å². The molecule has 2 atom stereocenters. The lowest BCUT2D eigenvalue weighted by atomic mass is 10.0. The van der Waals surface area contributed by atoms with Crippen molar-refractivity contribution < 1.29 is 30.4 Å². The van der Waals surface area contributed by atoms with Crippen LogP contribution in [0.5, 0.6) is 0 Å². The van der Waals surface area contributed by atoms with Gasteiger partial charge in [-0.1, -0.05) is 5.92 Å². The van der Waals surface area contributed by atoms with Crippen molar-refractivity contribution in [3.8, 4) is 12.3 Å². The molecule has 0 aromatic carbocycles. The number of piperidine rings is 1. The van der Waals surface area contributed by atoms with E-state index >= 15 is 0 Å². The molecule has 0 spiro atoms. The van der Waals surface area contributed by atoms with E-state index in [2.05, 4.69) is 10.1 Å². The molecule has 2 aromatic rings. The Bertz CT molecular complexity index is 1060. The predicted octanol–water partition coefficient (Wildman–Crippen LogP) is 2.48. The molecule has 2 N–H and O–H groups in total. The number of anilines is 1. The summed E-state index contributed by atoms with van der Waals surface area (Å²) in [5, 5.41) is 3.59. The fraction of sp³-hybridized carbons (Fsp3) is 0.529. The molecule has 1 fully saturated rings. The SMILES string of the molecule is C#Cc1c(F)c2cnc(N)nn2c1C(C)C(F)(F)F.CS(=O)(=O)N1CCCC(F)C1. The van der Waals surface area contributed by atoms with Gasteiger partial charge in [0.1, 0.15) is 11.7 Å². The van der Waals surface area contributed by atoms with E-state index in [9.17, 15) is 30.4 Å². The first-order chi connectivity index (χ1) is 13.8. The van der Waals surface area contributed by atoms with Crippen molar-refractivity contribution in [1.82, 2.24) is 18.9 Å². The van der Waals surface area contributed by atoms with Crippen LogP contribution in [0.1, 0.15) is 36.9 Å². The van der Waals surface area contributed by atoms with Gasteiger partial charge in [0.25, 0.3) is 0 Å². The van der Waals surface area contributed by atoms with Crippen LogP contribution in [-0.4, -0.2) is 59.0 Å². The van der Waals surface area contributed by atoms with Crippen molar-refractivity contribution in [2.75, 3.05) is 25.1 Å². The molecule has 166 valence electrons. The van der Waals surface area contributed by atoms with E-state index in [0.717, 1.165) is 23.9 Å². The van der Waals surface area contributed by atoms with E-state index in [1.807, 2.05) is 5.92 Å². The molecule has 0 radical (unpaired) electrons. The van der Waals surface area contributed by atoms with Crippen molar-refractivity contribution in [2.45, 2.75) is 38.0 Å². The highest BCUT2D eigenvalue weighted by molar-refractivity contribution is 7.88. The molecule has 3 rings (SSSR count). The lowest BCUT2D eigenvalue weighted by Crippen LogP contribution is -2.39. The van der Waals surface area contributed by atoms with Crippen molar-refractivity contribution in [3.05, 3.63) is 23.3 Å². The highest BCUT2D eigenvalue weighted by Crippen LogP contribution is 2.37. The Labute approximate surface area is 170 Å². The smallest absolute Gasteiger partial charge is 0.367 e. The average molecular weight is 453 g/mol. The summed E-state index contributed by atoms with van der Waals surface area (Å²) in [5.74, 6) is -1.30. The average Bonchev–Trinajstić information content (AvgIpc) is 2.91. The zero-order valence-electron chi connectivity index (χ0n) is 16.1. The second-order valence-corrected chi connectivity index (χ2v) is 8.74. The van der Waals surface area contributed by atoms with Gasteiger partial charge in [-0.15, -0.1) is 11.5 Å². The molecule has 2 aromatic heterocycles. The first-order valence-corrected chi connectivity index (χ1v) is 10.6. The first kappa shape index (κ1) is 23.8. The van der Waals surface area contributed by atoms with Gasteiger partial charge in [-0.3, -0.25) is 0 Å². The third-order valence-electron chi connectivity index (χ3n) is 4.52. The van der Waals surface area contributed by atoms with Gasteiger partial charge in [-0.2, -0.15) is 17.5 Å². The largest absolute Gasteiger partial charge is 0.397 e.